The van der Waals surface area contributed by atoms with Gasteiger partial charge in [0.2, 0.25) is 0 Å². The van der Waals surface area contributed by atoms with Crippen LogP contribution in [0.1, 0.15) is 29.6 Å². The first-order valence-corrected chi connectivity index (χ1v) is 8.54. The van der Waals surface area contributed by atoms with Crippen LogP contribution < -0.4 is 10.6 Å². The molecule has 0 unspecified atom stereocenters. The zero-order valence-corrected chi connectivity index (χ0v) is 15.3. The van der Waals surface area contributed by atoms with Gasteiger partial charge in [-0.15, -0.1) is 6.58 Å². The van der Waals surface area contributed by atoms with Crippen LogP contribution in [-0.4, -0.2) is 38.2 Å². The number of amides is 1. The smallest absolute Gasteiger partial charge is 0.278 e. The predicted octanol–water partition coefficient (Wildman–Crippen LogP) is 3.46. The number of rotatable bonds is 5. The molecule has 1 fully saturated rings. The van der Waals surface area contributed by atoms with E-state index < -0.39 is 0 Å². The third-order valence-electron chi connectivity index (χ3n) is 4.36. The number of carbonyl (C=O) groups excluding carboxylic acids is 1. The van der Waals surface area contributed by atoms with Crippen molar-refractivity contribution in [3.05, 3.63) is 34.8 Å². The van der Waals surface area contributed by atoms with E-state index in [9.17, 15) is 4.79 Å². The summed E-state index contributed by atoms with van der Waals surface area (Å²) in [5.74, 6) is 0.479. The Balaban J connectivity index is 2.17. The summed E-state index contributed by atoms with van der Waals surface area (Å²) in [6.45, 7) is 5.76. The number of halogens is 1. The lowest BCUT2D eigenvalue weighted by Gasteiger charge is -2.34. The van der Waals surface area contributed by atoms with Crippen molar-refractivity contribution >= 4 is 33.2 Å². The van der Waals surface area contributed by atoms with Gasteiger partial charge in [0.1, 0.15) is 0 Å². The van der Waals surface area contributed by atoms with Crippen LogP contribution in [0.5, 0.6) is 0 Å². The van der Waals surface area contributed by atoms with Crippen molar-refractivity contribution in [2.75, 3.05) is 37.9 Å². The molecule has 0 aliphatic carbocycles. The van der Waals surface area contributed by atoms with Gasteiger partial charge in [-0.05, 0) is 53.2 Å². The van der Waals surface area contributed by atoms with Gasteiger partial charge in [-0.1, -0.05) is 6.08 Å². The number of carbonyl (C=O) groups is 1. The molecule has 1 aliphatic heterocycles. The quantitative estimate of drug-likeness (QED) is 0.482. The van der Waals surface area contributed by atoms with Crippen molar-refractivity contribution in [1.29, 1.82) is 0 Å². The van der Waals surface area contributed by atoms with E-state index in [1.165, 1.54) is 12.2 Å². The zero-order valence-electron chi connectivity index (χ0n) is 13.7. The number of hydrogen-bond acceptors (Lipinski definition) is 4. The fraction of sp³-hybridized carbons (Fsp3) is 0.471. The van der Waals surface area contributed by atoms with Crippen molar-refractivity contribution in [2.24, 2.45) is 5.92 Å². The van der Waals surface area contributed by atoms with Crippen LogP contribution >= 0.6 is 15.9 Å². The number of anilines is 2. The molecule has 6 heteroatoms. The van der Waals surface area contributed by atoms with Gasteiger partial charge >= 0.3 is 0 Å². The molecular formula is C17H24BrN3O2. The zero-order chi connectivity index (χ0) is 17.0. The monoisotopic (exact) mass is 381 g/mol. The van der Waals surface area contributed by atoms with Crippen LogP contribution in [0.2, 0.25) is 0 Å². The number of hydrogen-bond donors (Lipinski definition) is 1. The molecule has 2 rings (SSSR count). The summed E-state index contributed by atoms with van der Waals surface area (Å²) < 4.78 is 0.726. The SMILES string of the molecule is C=CCC1CCN(c2cc(Br)c(C(=O)N(C)OC)cc2N)CC1. The lowest BCUT2D eigenvalue weighted by Crippen LogP contribution is -2.34. The fourth-order valence-electron chi connectivity index (χ4n) is 2.92. The standard InChI is InChI=1S/C17H24BrN3O2/c1-4-5-12-6-8-21(9-7-12)16-11-14(18)13(10-15(16)19)17(22)20(2)23-3/h4,10-12H,1,5-9,19H2,2-3H3. The van der Waals surface area contributed by atoms with Crippen molar-refractivity contribution in [3.8, 4) is 0 Å². The van der Waals surface area contributed by atoms with Crippen LogP contribution in [0.3, 0.4) is 0 Å². The second-order valence-electron chi connectivity index (χ2n) is 5.83. The molecular weight excluding hydrogens is 358 g/mol. The topological polar surface area (TPSA) is 58.8 Å². The first-order chi connectivity index (χ1) is 11.0. The lowest BCUT2D eigenvalue weighted by molar-refractivity contribution is -0.0757. The van der Waals surface area contributed by atoms with Crippen LogP contribution in [0.25, 0.3) is 0 Å². The Kier molecular flexibility index (Phi) is 6.07. The summed E-state index contributed by atoms with van der Waals surface area (Å²) in [5, 5.41) is 1.18. The summed E-state index contributed by atoms with van der Waals surface area (Å²) in [4.78, 5) is 19.5. The number of nitrogen functional groups attached to an aromatic ring is 1. The molecule has 1 saturated heterocycles. The van der Waals surface area contributed by atoms with E-state index in [0.29, 0.717) is 17.2 Å². The highest BCUT2D eigenvalue weighted by Gasteiger charge is 2.22. The molecule has 1 heterocycles. The molecule has 1 aliphatic rings. The molecule has 0 aromatic heterocycles. The first kappa shape index (κ1) is 17.8. The van der Waals surface area contributed by atoms with E-state index in [2.05, 4.69) is 27.4 Å². The highest BCUT2D eigenvalue weighted by Crippen LogP contribution is 2.34. The molecule has 0 bridgehead atoms. The molecule has 0 radical (unpaired) electrons. The molecule has 0 saturated carbocycles. The Morgan fingerprint density at radius 1 is 1.52 bits per heavy atom. The minimum atomic E-state index is -0.234. The average Bonchev–Trinajstić information content (AvgIpc) is 2.56. The predicted molar refractivity (Wildman–Crippen MR) is 97.4 cm³/mol. The number of hydroxylamine groups is 2. The maximum Gasteiger partial charge on any atom is 0.278 e. The first-order valence-electron chi connectivity index (χ1n) is 7.75. The number of benzene rings is 1. The van der Waals surface area contributed by atoms with E-state index in [1.807, 2.05) is 12.1 Å². The fourth-order valence-corrected chi connectivity index (χ4v) is 3.42. The van der Waals surface area contributed by atoms with Crippen LogP contribution in [0.4, 0.5) is 11.4 Å². The summed E-state index contributed by atoms with van der Waals surface area (Å²) in [6.07, 6.45) is 5.34. The van der Waals surface area contributed by atoms with E-state index in [1.54, 1.807) is 13.1 Å². The summed E-state index contributed by atoms with van der Waals surface area (Å²) in [6, 6.07) is 3.65. The lowest BCUT2D eigenvalue weighted by atomic mass is 9.93. The van der Waals surface area contributed by atoms with E-state index in [-0.39, 0.29) is 5.91 Å². The third kappa shape index (κ3) is 4.06. The van der Waals surface area contributed by atoms with E-state index >= 15 is 0 Å². The Morgan fingerprint density at radius 3 is 2.74 bits per heavy atom. The van der Waals surface area contributed by atoms with E-state index in [4.69, 9.17) is 10.6 Å². The molecule has 2 N–H and O–H groups in total. The van der Waals surface area contributed by atoms with Gasteiger partial charge in [0.25, 0.3) is 5.91 Å². The third-order valence-corrected chi connectivity index (χ3v) is 5.02. The maximum atomic E-state index is 12.2. The Hall–Kier alpha value is -1.53. The molecule has 5 nitrogen and oxygen atoms in total. The molecule has 0 spiro atoms. The van der Waals surface area contributed by atoms with Gasteiger partial charge in [0.05, 0.1) is 24.0 Å². The summed E-state index contributed by atoms with van der Waals surface area (Å²) in [7, 11) is 3.03. The molecule has 126 valence electrons. The Bertz CT molecular complexity index is 583. The normalized spacial score (nSPS) is 15.5. The maximum absolute atomic E-state index is 12.2. The largest absolute Gasteiger partial charge is 0.397 e. The minimum absolute atomic E-state index is 0.234. The van der Waals surface area contributed by atoms with Gasteiger partial charge in [-0.3, -0.25) is 9.63 Å². The summed E-state index contributed by atoms with van der Waals surface area (Å²) in [5.41, 5.74) is 8.29. The van der Waals surface area contributed by atoms with Gasteiger partial charge in [0.15, 0.2) is 0 Å². The number of nitrogens with two attached hydrogens (primary N) is 1. The molecule has 1 aromatic carbocycles. The highest BCUT2D eigenvalue weighted by molar-refractivity contribution is 9.10. The number of piperidine rings is 1. The number of allylic oxidation sites excluding steroid dienone is 1. The van der Waals surface area contributed by atoms with Crippen molar-refractivity contribution in [3.63, 3.8) is 0 Å². The minimum Gasteiger partial charge on any atom is -0.397 e. The van der Waals surface area contributed by atoms with Crippen molar-refractivity contribution < 1.29 is 9.63 Å². The number of nitrogens with zero attached hydrogens (tertiary/aromatic N) is 2. The highest BCUT2D eigenvalue weighted by atomic mass is 79.9. The second kappa shape index (κ2) is 7.84. The molecule has 23 heavy (non-hydrogen) atoms. The Morgan fingerprint density at radius 2 is 2.17 bits per heavy atom. The van der Waals surface area contributed by atoms with Crippen LogP contribution in [0.15, 0.2) is 29.3 Å². The molecule has 1 aromatic rings. The van der Waals surface area contributed by atoms with Crippen molar-refractivity contribution in [1.82, 2.24) is 5.06 Å². The molecule has 0 atom stereocenters. The van der Waals surface area contributed by atoms with Gasteiger partial charge < -0.3 is 10.6 Å². The molecule has 1 amide bonds. The summed E-state index contributed by atoms with van der Waals surface area (Å²) >= 11 is 3.48. The van der Waals surface area contributed by atoms with Gasteiger partial charge in [-0.2, -0.15) is 0 Å². The van der Waals surface area contributed by atoms with E-state index in [0.717, 1.165) is 42.5 Å². The van der Waals surface area contributed by atoms with Crippen molar-refractivity contribution in [2.45, 2.75) is 19.3 Å². The van der Waals surface area contributed by atoms with Gasteiger partial charge in [-0.25, -0.2) is 5.06 Å². The van der Waals surface area contributed by atoms with Gasteiger partial charge in [0, 0.05) is 24.6 Å². The second-order valence-corrected chi connectivity index (χ2v) is 6.69. The van der Waals surface area contributed by atoms with Crippen LogP contribution in [0, 0.1) is 5.92 Å². The Labute approximate surface area is 146 Å². The van der Waals surface area contributed by atoms with Crippen LogP contribution in [-0.2, 0) is 4.84 Å². The average molecular weight is 382 g/mol.